The Hall–Kier alpha value is -2.77. The highest BCUT2D eigenvalue weighted by molar-refractivity contribution is 6.09. The molecule has 130 valence electrons. The van der Waals surface area contributed by atoms with E-state index in [0.717, 1.165) is 5.56 Å². The number of fused-ring (bicyclic) bond motifs is 2. The molecule has 2 saturated heterocycles. The summed E-state index contributed by atoms with van der Waals surface area (Å²) in [4.78, 5) is 39.3. The summed E-state index contributed by atoms with van der Waals surface area (Å²) in [6, 6.07) is 5.18. The molecular weight excluding hydrogens is 326 g/mol. The van der Waals surface area contributed by atoms with Crippen LogP contribution < -0.4 is 14.8 Å². The first-order chi connectivity index (χ1) is 12.1. The van der Waals surface area contributed by atoms with Gasteiger partial charge in [0.2, 0.25) is 18.6 Å². The van der Waals surface area contributed by atoms with E-state index in [0.29, 0.717) is 37.6 Å². The molecule has 4 aliphatic rings. The monoisotopic (exact) mass is 343 g/mol. The minimum absolute atomic E-state index is 0.0552. The number of nitrogens with one attached hydrogen (secondary N) is 1. The van der Waals surface area contributed by atoms with Crippen LogP contribution in [-0.4, -0.2) is 53.6 Å². The van der Waals surface area contributed by atoms with E-state index in [2.05, 4.69) is 5.32 Å². The maximum absolute atomic E-state index is 12.2. The van der Waals surface area contributed by atoms with Crippen molar-refractivity contribution < 1.29 is 23.9 Å². The number of imide groups is 1. The Morgan fingerprint density at radius 2 is 1.84 bits per heavy atom. The second-order valence-electron chi connectivity index (χ2n) is 6.90. The largest absolute Gasteiger partial charge is 0.454 e. The van der Waals surface area contributed by atoms with Gasteiger partial charge in [-0.05, 0) is 24.1 Å². The zero-order valence-electron chi connectivity index (χ0n) is 13.4. The summed E-state index contributed by atoms with van der Waals surface area (Å²) in [6.07, 6.45) is 0.709. The van der Waals surface area contributed by atoms with Crippen molar-refractivity contribution in [3.8, 4) is 11.5 Å². The van der Waals surface area contributed by atoms with Crippen LogP contribution in [-0.2, 0) is 16.1 Å². The van der Waals surface area contributed by atoms with Gasteiger partial charge in [-0.1, -0.05) is 6.07 Å². The van der Waals surface area contributed by atoms with Gasteiger partial charge in [0.15, 0.2) is 11.5 Å². The minimum Gasteiger partial charge on any atom is -0.454 e. The van der Waals surface area contributed by atoms with E-state index >= 15 is 0 Å². The lowest BCUT2D eigenvalue weighted by atomic mass is 10.1. The van der Waals surface area contributed by atoms with E-state index in [1.165, 1.54) is 4.90 Å². The number of hydrogen-bond donors (Lipinski definition) is 1. The van der Waals surface area contributed by atoms with Crippen molar-refractivity contribution in [2.45, 2.75) is 19.0 Å². The van der Waals surface area contributed by atoms with E-state index in [4.69, 9.17) is 9.47 Å². The third kappa shape index (κ3) is 2.24. The van der Waals surface area contributed by atoms with Gasteiger partial charge in [-0.15, -0.1) is 0 Å². The number of likely N-dealkylation sites (tertiary alicyclic amines) is 2. The van der Waals surface area contributed by atoms with Gasteiger partial charge in [0.05, 0.1) is 17.9 Å². The van der Waals surface area contributed by atoms with Crippen LogP contribution in [0, 0.1) is 11.8 Å². The molecule has 1 aromatic rings. The molecule has 5 rings (SSSR count). The van der Waals surface area contributed by atoms with Crippen molar-refractivity contribution in [2.75, 3.05) is 19.9 Å². The van der Waals surface area contributed by atoms with Gasteiger partial charge in [0.1, 0.15) is 0 Å². The number of nitrogens with zero attached hydrogens (tertiary/aromatic N) is 2. The molecule has 0 spiro atoms. The van der Waals surface area contributed by atoms with E-state index in [1.54, 1.807) is 4.90 Å². The number of ether oxygens (including phenoxy) is 2. The van der Waals surface area contributed by atoms with Crippen molar-refractivity contribution in [3.63, 3.8) is 0 Å². The van der Waals surface area contributed by atoms with Crippen LogP contribution in [0.4, 0.5) is 4.79 Å². The van der Waals surface area contributed by atoms with Gasteiger partial charge < -0.3 is 19.7 Å². The maximum Gasteiger partial charge on any atom is 0.317 e. The van der Waals surface area contributed by atoms with Crippen LogP contribution >= 0.6 is 0 Å². The van der Waals surface area contributed by atoms with Gasteiger partial charge in [0.25, 0.3) is 0 Å². The number of amides is 4. The molecule has 4 amide bonds. The van der Waals surface area contributed by atoms with Crippen LogP contribution in [0.3, 0.4) is 0 Å². The van der Waals surface area contributed by atoms with Gasteiger partial charge in [-0.2, -0.15) is 0 Å². The van der Waals surface area contributed by atoms with Crippen molar-refractivity contribution in [1.82, 2.24) is 15.1 Å². The molecule has 1 aliphatic carbocycles. The molecule has 8 nitrogen and oxygen atoms in total. The number of hydrogen-bond acceptors (Lipinski definition) is 5. The van der Waals surface area contributed by atoms with Crippen LogP contribution in [0.25, 0.3) is 0 Å². The average molecular weight is 343 g/mol. The number of benzene rings is 1. The second kappa shape index (κ2) is 5.11. The Balaban J connectivity index is 1.13. The molecule has 0 radical (unpaired) electrons. The first-order valence-corrected chi connectivity index (χ1v) is 8.40. The smallest absolute Gasteiger partial charge is 0.317 e. The fraction of sp³-hybridized carbons (Fsp3) is 0.471. The number of carbonyl (C=O) groups excluding carboxylic acids is 3. The lowest BCUT2D eigenvalue weighted by molar-refractivity contribution is -0.147. The quantitative estimate of drug-likeness (QED) is 0.798. The molecule has 3 fully saturated rings. The highest BCUT2D eigenvalue weighted by Gasteiger charge is 2.61. The van der Waals surface area contributed by atoms with E-state index < -0.39 is 0 Å². The zero-order valence-corrected chi connectivity index (χ0v) is 13.4. The topological polar surface area (TPSA) is 88.2 Å². The molecule has 3 aliphatic heterocycles. The Morgan fingerprint density at radius 1 is 1.12 bits per heavy atom. The molecule has 3 heterocycles. The molecule has 1 aromatic carbocycles. The predicted octanol–water partition coefficient (Wildman–Crippen LogP) is 0.314. The van der Waals surface area contributed by atoms with Crippen molar-refractivity contribution in [3.05, 3.63) is 23.8 Å². The van der Waals surface area contributed by atoms with Gasteiger partial charge in [0, 0.05) is 19.6 Å². The first kappa shape index (κ1) is 14.6. The summed E-state index contributed by atoms with van der Waals surface area (Å²) in [5, 5.41) is 2.85. The summed E-state index contributed by atoms with van der Waals surface area (Å²) < 4.78 is 10.6. The SMILES string of the molecule is O=C(NCc1ccc2c(c1)OCO2)N1CC(N2C(=O)C3CC3C2=O)C1. The summed E-state index contributed by atoms with van der Waals surface area (Å²) in [5.74, 6) is 1.11. The summed E-state index contributed by atoms with van der Waals surface area (Å²) in [6.45, 7) is 1.41. The third-order valence-corrected chi connectivity index (χ3v) is 5.30. The Labute approximate surface area is 143 Å². The molecule has 25 heavy (non-hydrogen) atoms. The van der Waals surface area contributed by atoms with E-state index in [-0.39, 0.29) is 42.5 Å². The second-order valence-corrected chi connectivity index (χ2v) is 6.90. The lowest BCUT2D eigenvalue weighted by Gasteiger charge is -2.43. The zero-order chi connectivity index (χ0) is 17.1. The Morgan fingerprint density at radius 3 is 2.60 bits per heavy atom. The highest BCUT2D eigenvalue weighted by Crippen LogP contribution is 2.48. The van der Waals surface area contributed by atoms with Gasteiger partial charge in [-0.3, -0.25) is 14.5 Å². The normalized spacial score (nSPS) is 26.6. The van der Waals surface area contributed by atoms with E-state index in [9.17, 15) is 14.4 Å². The summed E-state index contributed by atoms with van der Waals surface area (Å²) >= 11 is 0. The first-order valence-electron chi connectivity index (χ1n) is 8.40. The summed E-state index contributed by atoms with van der Waals surface area (Å²) in [7, 11) is 0. The van der Waals surface area contributed by atoms with Crippen molar-refractivity contribution in [1.29, 1.82) is 0 Å². The van der Waals surface area contributed by atoms with Crippen LogP contribution in [0.2, 0.25) is 0 Å². The molecule has 1 saturated carbocycles. The Bertz CT molecular complexity index is 768. The molecule has 1 N–H and O–H groups in total. The van der Waals surface area contributed by atoms with Gasteiger partial charge >= 0.3 is 6.03 Å². The molecule has 8 heteroatoms. The van der Waals surface area contributed by atoms with Crippen LogP contribution in [0.5, 0.6) is 11.5 Å². The molecule has 0 aromatic heterocycles. The number of urea groups is 1. The molecule has 2 atom stereocenters. The highest BCUT2D eigenvalue weighted by atomic mass is 16.7. The number of piperidine rings is 1. The average Bonchev–Trinajstić information content (AvgIpc) is 3.17. The predicted molar refractivity (Wildman–Crippen MR) is 83.6 cm³/mol. The molecule has 0 bridgehead atoms. The lowest BCUT2D eigenvalue weighted by Crippen LogP contribution is -2.64. The fourth-order valence-electron chi connectivity index (χ4n) is 3.69. The maximum atomic E-state index is 12.2. The standard InChI is InChI=1S/C17H17N3O5/c21-15-11-4-12(11)16(22)20(15)10-6-19(7-10)17(23)18-5-9-1-2-13-14(3-9)25-8-24-13/h1-3,10-12H,4-8H2,(H,18,23). The van der Waals surface area contributed by atoms with Crippen LogP contribution in [0.15, 0.2) is 18.2 Å². The summed E-state index contributed by atoms with van der Waals surface area (Å²) in [5.41, 5.74) is 0.916. The molecule has 2 unspecified atom stereocenters. The van der Waals surface area contributed by atoms with Crippen LogP contribution in [0.1, 0.15) is 12.0 Å². The van der Waals surface area contributed by atoms with Crippen molar-refractivity contribution >= 4 is 17.8 Å². The minimum atomic E-state index is -0.196. The molecular formula is C17H17N3O5. The van der Waals surface area contributed by atoms with Crippen molar-refractivity contribution in [2.24, 2.45) is 11.8 Å². The fourth-order valence-corrected chi connectivity index (χ4v) is 3.69. The van der Waals surface area contributed by atoms with E-state index in [1.807, 2.05) is 18.2 Å². The third-order valence-electron chi connectivity index (χ3n) is 5.30. The number of carbonyl (C=O) groups is 3. The number of rotatable bonds is 3. The Kier molecular flexibility index (Phi) is 2.98. The van der Waals surface area contributed by atoms with Gasteiger partial charge in [-0.25, -0.2) is 4.79 Å².